The van der Waals surface area contributed by atoms with E-state index in [1.807, 2.05) is 18.7 Å². The van der Waals surface area contributed by atoms with Crippen molar-refractivity contribution in [3.63, 3.8) is 0 Å². The Morgan fingerprint density at radius 1 is 1.31 bits per heavy atom. The third-order valence-electron chi connectivity index (χ3n) is 2.68. The second-order valence-corrected chi connectivity index (χ2v) is 4.24. The summed E-state index contributed by atoms with van der Waals surface area (Å²) in [7, 11) is 1.95. The number of aryl methyl sites for hydroxylation is 2. The van der Waals surface area contributed by atoms with Crippen LogP contribution in [0, 0.1) is 6.92 Å². The van der Waals surface area contributed by atoms with Gasteiger partial charge in [-0.25, -0.2) is 0 Å². The van der Waals surface area contributed by atoms with Crippen LogP contribution in [0.1, 0.15) is 24.2 Å². The molecule has 1 heterocycles. The van der Waals surface area contributed by atoms with E-state index >= 15 is 0 Å². The zero-order chi connectivity index (χ0) is 11.7. The van der Waals surface area contributed by atoms with Crippen LogP contribution in [0.25, 0.3) is 11.3 Å². The van der Waals surface area contributed by atoms with Crippen molar-refractivity contribution < 1.29 is 0 Å². The molecule has 0 bridgehead atoms. The first-order chi connectivity index (χ1) is 7.58. The van der Waals surface area contributed by atoms with Crippen LogP contribution < -0.4 is 5.73 Å². The zero-order valence-electron chi connectivity index (χ0n) is 9.94. The molecular weight excluding hydrogens is 198 g/mol. The Kier molecular flexibility index (Phi) is 2.79. The molecule has 16 heavy (non-hydrogen) atoms. The minimum Gasteiger partial charge on any atom is -0.323 e. The van der Waals surface area contributed by atoms with E-state index in [2.05, 4.69) is 42.4 Å². The van der Waals surface area contributed by atoms with Crippen LogP contribution in [0.15, 0.2) is 30.3 Å². The molecule has 3 nitrogen and oxygen atoms in total. The van der Waals surface area contributed by atoms with Gasteiger partial charge in [-0.2, -0.15) is 5.10 Å². The summed E-state index contributed by atoms with van der Waals surface area (Å²) in [5.74, 6) is 0. The molecule has 2 aromatic rings. The predicted molar refractivity (Wildman–Crippen MR) is 66.0 cm³/mol. The third-order valence-corrected chi connectivity index (χ3v) is 2.68. The quantitative estimate of drug-likeness (QED) is 0.836. The van der Waals surface area contributed by atoms with Gasteiger partial charge in [-0.05, 0) is 26.0 Å². The van der Waals surface area contributed by atoms with E-state index in [4.69, 9.17) is 5.73 Å². The maximum Gasteiger partial charge on any atom is 0.0795 e. The summed E-state index contributed by atoms with van der Waals surface area (Å²) in [5.41, 5.74) is 10.3. The minimum absolute atomic E-state index is 0.0234. The third kappa shape index (κ3) is 1.99. The highest BCUT2D eigenvalue weighted by atomic mass is 15.3. The molecule has 84 valence electrons. The van der Waals surface area contributed by atoms with Crippen LogP contribution in [0.2, 0.25) is 0 Å². The smallest absolute Gasteiger partial charge is 0.0795 e. The van der Waals surface area contributed by atoms with Crippen LogP contribution in [-0.4, -0.2) is 9.78 Å². The number of hydrogen-bond acceptors (Lipinski definition) is 2. The molecule has 1 unspecified atom stereocenters. The van der Waals surface area contributed by atoms with Crippen LogP contribution in [0.5, 0.6) is 0 Å². The topological polar surface area (TPSA) is 43.8 Å². The standard InChI is InChI=1S/C13H17N3/c1-9-5-4-6-11(7-9)13-8-12(10(2)14)15-16(13)3/h4-8,10H,14H2,1-3H3. The van der Waals surface area contributed by atoms with Crippen LogP contribution in [-0.2, 0) is 7.05 Å². The van der Waals surface area contributed by atoms with Gasteiger partial charge in [-0.3, -0.25) is 4.68 Å². The molecular formula is C13H17N3. The summed E-state index contributed by atoms with van der Waals surface area (Å²) in [4.78, 5) is 0. The number of benzene rings is 1. The van der Waals surface area contributed by atoms with E-state index in [1.165, 1.54) is 11.1 Å². The normalized spacial score (nSPS) is 12.8. The highest BCUT2D eigenvalue weighted by Crippen LogP contribution is 2.22. The molecule has 1 aromatic carbocycles. The van der Waals surface area contributed by atoms with E-state index < -0.39 is 0 Å². The summed E-state index contributed by atoms with van der Waals surface area (Å²) in [6.45, 7) is 4.04. The Balaban J connectivity index is 2.48. The lowest BCUT2D eigenvalue weighted by Gasteiger charge is -2.02. The summed E-state index contributed by atoms with van der Waals surface area (Å²) >= 11 is 0. The summed E-state index contributed by atoms with van der Waals surface area (Å²) in [6, 6.07) is 10.4. The molecule has 0 aliphatic carbocycles. The van der Waals surface area contributed by atoms with Crippen molar-refractivity contribution in [2.24, 2.45) is 12.8 Å². The molecule has 0 radical (unpaired) electrons. The minimum atomic E-state index is -0.0234. The average Bonchev–Trinajstić information content (AvgIpc) is 2.60. The Labute approximate surface area is 95.9 Å². The van der Waals surface area contributed by atoms with Gasteiger partial charge in [0.05, 0.1) is 11.4 Å². The molecule has 3 heteroatoms. The van der Waals surface area contributed by atoms with Crippen molar-refractivity contribution in [1.29, 1.82) is 0 Å². The van der Waals surface area contributed by atoms with Crippen LogP contribution in [0.3, 0.4) is 0 Å². The molecule has 0 aliphatic heterocycles. The van der Waals surface area contributed by atoms with Gasteiger partial charge in [0.15, 0.2) is 0 Å². The highest BCUT2D eigenvalue weighted by molar-refractivity contribution is 5.61. The zero-order valence-corrected chi connectivity index (χ0v) is 9.94. The fourth-order valence-corrected chi connectivity index (χ4v) is 1.79. The Hall–Kier alpha value is -1.61. The molecule has 0 aliphatic rings. The lowest BCUT2D eigenvalue weighted by Crippen LogP contribution is -2.06. The fourth-order valence-electron chi connectivity index (χ4n) is 1.79. The number of aromatic nitrogens is 2. The first-order valence-corrected chi connectivity index (χ1v) is 5.44. The maximum atomic E-state index is 5.83. The first kappa shape index (κ1) is 10.9. The molecule has 0 saturated heterocycles. The van der Waals surface area contributed by atoms with Crippen molar-refractivity contribution in [1.82, 2.24) is 9.78 Å². The Morgan fingerprint density at radius 3 is 2.62 bits per heavy atom. The van der Waals surface area contributed by atoms with Crippen molar-refractivity contribution >= 4 is 0 Å². The number of hydrogen-bond donors (Lipinski definition) is 1. The number of nitrogens with zero attached hydrogens (tertiary/aromatic N) is 2. The van der Waals surface area contributed by atoms with Crippen LogP contribution in [0.4, 0.5) is 0 Å². The lowest BCUT2D eigenvalue weighted by atomic mass is 10.1. The van der Waals surface area contributed by atoms with Gasteiger partial charge in [0.25, 0.3) is 0 Å². The molecule has 0 amide bonds. The number of nitrogens with two attached hydrogens (primary N) is 1. The van der Waals surface area contributed by atoms with E-state index in [-0.39, 0.29) is 6.04 Å². The van der Waals surface area contributed by atoms with Gasteiger partial charge in [0, 0.05) is 18.7 Å². The van der Waals surface area contributed by atoms with Crippen molar-refractivity contribution in [3.8, 4) is 11.3 Å². The van der Waals surface area contributed by atoms with Crippen molar-refractivity contribution in [2.45, 2.75) is 19.9 Å². The predicted octanol–water partition coefficient (Wildman–Crippen LogP) is 2.42. The first-order valence-electron chi connectivity index (χ1n) is 5.44. The molecule has 0 fully saturated rings. The van der Waals surface area contributed by atoms with Gasteiger partial charge in [-0.1, -0.05) is 23.8 Å². The summed E-state index contributed by atoms with van der Waals surface area (Å²) in [6.07, 6.45) is 0. The fraction of sp³-hybridized carbons (Fsp3) is 0.308. The van der Waals surface area contributed by atoms with Crippen molar-refractivity contribution in [2.75, 3.05) is 0 Å². The molecule has 1 atom stereocenters. The lowest BCUT2D eigenvalue weighted by molar-refractivity contribution is 0.702. The largest absolute Gasteiger partial charge is 0.323 e. The number of rotatable bonds is 2. The monoisotopic (exact) mass is 215 g/mol. The molecule has 0 saturated carbocycles. The van der Waals surface area contributed by atoms with Gasteiger partial charge in [0.2, 0.25) is 0 Å². The van der Waals surface area contributed by atoms with E-state index in [9.17, 15) is 0 Å². The molecule has 0 spiro atoms. The Bertz CT molecular complexity index is 498. The maximum absolute atomic E-state index is 5.83. The SMILES string of the molecule is Cc1cccc(-c2cc(C(C)N)nn2C)c1. The van der Waals surface area contributed by atoms with Gasteiger partial charge < -0.3 is 5.73 Å². The van der Waals surface area contributed by atoms with E-state index in [0.717, 1.165) is 11.4 Å². The summed E-state index contributed by atoms with van der Waals surface area (Å²) in [5, 5.41) is 4.41. The van der Waals surface area contributed by atoms with E-state index in [0.29, 0.717) is 0 Å². The average molecular weight is 215 g/mol. The van der Waals surface area contributed by atoms with Gasteiger partial charge >= 0.3 is 0 Å². The second kappa shape index (κ2) is 4.10. The second-order valence-electron chi connectivity index (χ2n) is 4.24. The molecule has 2 N–H and O–H groups in total. The Morgan fingerprint density at radius 2 is 2.06 bits per heavy atom. The van der Waals surface area contributed by atoms with E-state index in [1.54, 1.807) is 0 Å². The molecule has 1 aromatic heterocycles. The highest BCUT2D eigenvalue weighted by Gasteiger charge is 2.09. The van der Waals surface area contributed by atoms with Gasteiger partial charge in [-0.15, -0.1) is 0 Å². The molecule has 2 rings (SSSR count). The van der Waals surface area contributed by atoms with Crippen molar-refractivity contribution in [3.05, 3.63) is 41.6 Å². The van der Waals surface area contributed by atoms with Gasteiger partial charge in [0.1, 0.15) is 0 Å². The summed E-state index contributed by atoms with van der Waals surface area (Å²) < 4.78 is 1.88. The van der Waals surface area contributed by atoms with Crippen LogP contribution >= 0.6 is 0 Å².